The minimum absolute atomic E-state index is 0.0748. The normalized spacial score (nSPS) is 31.1. The second-order valence-electron chi connectivity index (χ2n) is 7.97. The van der Waals surface area contributed by atoms with Gasteiger partial charge in [-0.1, -0.05) is 31.9 Å². The largest absolute Gasteiger partial charge is 0.457 e. The first kappa shape index (κ1) is 22.1. The molecule has 0 spiro atoms. The molecule has 0 unspecified atom stereocenters. The molecule has 3 aliphatic rings. The molecular weight excluding hydrogens is 540 g/mol. The highest BCUT2D eigenvalue weighted by molar-refractivity contribution is 9.12. The third kappa shape index (κ3) is 3.82. The smallest absolute Gasteiger partial charge is 0.308 e. The lowest BCUT2D eigenvalue weighted by Crippen LogP contribution is -2.37. The second kappa shape index (κ2) is 8.42. The van der Waals surface area contributed by atoms with E-state index in [1.165, 1.54) is 24.3 Å². The zero-order chi connectivity index (χ0) is 22.4. The monoisotopic (exact) mass is 556 g/mol. The molecule has 2 amide bonds. The van der Waals surface area contributed by atoms with Crippen LogP contribution in [-0.4, -0.2) is 56.2 Å². The highest BCUT2D eigenvalue weighted by Gasteiger charge is 2.66. The van der Waals surface area contributed by atoms with E-state index in [0.29, 0.717) is 0 Å². The molecule has 1 saturated heterocycles. The lowest BCUT2D eigenvalue weighted by atomic mass is 9.81. The van der Waals surface area contributed by atoms with Gasteiger partial charge in [0.05, 0.1) is 23.2 Å². The number of likely N-dealkylation sites (tertiary alicyclic amines) is 1. The fourth-order valence-corrected chi connectivity index (χ4v) is 6.78. The average Bonchev–Trinajstić information content (AvgIpc) is 3.35. The van der Waals surface area contributed by atoms with Gasteiger partial charge in [-0.2, -0.15) is 0 Å². The van der Waals surface area contributed by atoms with E-state index in [9.17, 15) is 29.3 Å². The van der Waals surface area contributed by atoms with Gasteiger partial charge < -0.3 is 4.74 Å². The first-order chi connectivity index (χ1) is 14.7. The summed E-state index contributed by atoms with van der Waals surface area (Å²) in [5.74, 6) is -2.14. The zero-order valence-corrected chi connectivity index (χ0v) is 19.3. The Kier molecular flexibility index (Phi) is 5.99. The van der Waals surface area contributed by atoms with Crippen LogP contribution in [0.5, 0.6) is 0 Å². The van der Waals surface area contributed by atoms with Gasteiger partial charge in [-0.05, 0) is 30.4 Å². The summed E-state index contributed by atoms with van der Waals surface area (Å²) in [7, 11) is 0. The number of alkyl halides is 2. The van der Waals surface area contributed by atoms with Gasteiger partial charge in [0.2, 0.25) is 11.8 Å². The number of esters is 1. The van der Waals surface area contributed by atoms with Crippen molar-refractivity contribution >= 4 is 61.1 Å². The number of ketones is 1. The van der Waals surface area contributed by atoms with Crippen molar-refractivity contribution in [3.8, 4) is 0 Å². The first-order valence-electron chi connectivity index (χ1n) is 9.77. The van der Waals surface area contributed by atoms with E-state index in [1.807, 2.05) is 0 Å². The van der Waals surface area contributed by atoms with Crippen LogP contribution in [0.2, 0.25) is 0 Å². The van der Waals surface area contributed by atoms with Crippen LogP contribution in [0.1, 0.15) is 23.2 Å². The van der Waals surface area contributed by atoms with Gasteiger partial charge in [0.25, 0.3) is 5.69 Å². The number of amides is 2. The minimum atomic E-state index is -0.701. The molecule has 11 heteroatoms. The van der Waals surface area contributed by atoms with Gasteiger partial charge in [-0.3, -0.25) is 34.2 Å². The van der Waals surface area contributed by atoms with Crippen LogP contribution < -0.4 is 0 Å². The average molecular weight is 558 g/mol. The number of imide groups is 1. The number of rotatable bonds is 7. The van der Waals surface area contributed by atoms with Gasteiger partial charge >= 0.3 is 5.97 Å². The number of ether oxygens (including phenoxy) is 1. The second-order valence-corrected chi connectivity index (χ2v) is 10.1. The van der Waals surface area contributed by atoms with Crippen molar-refractivity contribution < 1.29 is 28.8 Å². The summed E-state index contributed by atoms with van der Waals surface area (Å²) in [6.45, 7) is -0.598. The van der Waals surface area contributed by atoms with Crippen molar-refractivity contribution in [3.05, 3.63) is 39.9 Å². The van der Waals surface area contributed by atoms with Crippen molar-refractivity contribution in [2.45, 2.75) is 22.5 Å². The van der Waals surface area contributed by atoms with Gasteiger partial charge in [0.15, 0.2) is 12.4 Å². The van der Waals surface area contributed by atoms with Crippen molar-refractivity contribution in [1.29, 1.82) is 0 Å². The molecule has 6 atom stereocenters. The molecule has 0 radical (unpaired) electrons. The van der Waals surface area contributed by atoms with E-state index in [0.717, 1.165) is 11.3 Å². The molecule has 2 saturated carbocycles. The van der Waals surface area contributed by atoms with Crippen molar-refractivity contribution in [3.63, 3.8) is 0 Å². The number of carbonyl (C=O) groups excluding carboxylic acids is 4. The van der Waals surface area contributed by atoms with Crippen LogP contribution in [0.15, 0.2) is 24.3 Å². The number of hydrogen-bond acceptors (Lipinski definition) is 7. The van der Waals surface area contributed by atoms with Crippen LogP contribution >= 0.6 is 31.9 Å². The van der Waals surface area contributed by atoms with Crippen molar-refractivity contribution in [1.82, 2.24) is 4.90 Å². The first-order valence-corrected chi connectivity index (χ1v) is 11.6. The number of hydrogen-bond donors (Lipinski definition) is 0. The number of Topliss-reactive ketones (excluding diaryl/α,β-unsaturated/α-hetero) is 1. The van der Waals surface area contributed by atoms with Crippen molar-refractivity contribution in [2.24, 2.45) is 23.7 Å². The lowest BCUT2D eigenvalue weighted by molar-refractivity contribution is -0.384. The van der Waals surface area contributed by atoms with E-state index >= 15 is 0 Å². The summed E-state index contributed by atoms with van der Waals surface area (Å²) in [4.78, 5) is 61.3. The van der Waals surface area contributed by atoms with Crippen LogP contribution in [0, 0.1) is 33.8 Å². The fraction of sp³-hybridized carbons (Fsp3) is 0.500. The number of benzene rings is 1. The number of nitrogens with zero attached hydrogens (tertiary/aromatic N) is 2. The molecule has 3 fully saturated rings. The standard InChI is InChI=1S/C20H18Br2N2O7/c21-17-11-7-12(18(17)22)16-15(11)19(27)23(20(16)28)6-5-14(26)31-8-13(25)9-1-3-10(4-2-9)24(29)30/h1-4,11-12,15-18H,5-8H2/t11-,12+,15-,16-,17-,18+/m0/s1. The van der Waals surface area contributed by atoms with Gasteiger partial charge in [-0.15, -0.1) is 0 Å². The number of nitro benzene ring substituents is 1. The number of non-ortho nitro benzene ring substituents is 1. The number of nitro groups is 1. The summed E-state index contributed by atoms with van der Waals surface area (Å²) in [6, 6.07) is 4.96. The predicted octanol–water partition coefficient (Wildman–Crippen LogP) is 2.49. The summed E-state index contributed by atoms with van der Waals surface area (Å²) in [5.41, 5.74) is 0.0319. The molecule has 164 valence electrons. The zero-order valence-electron chi connectivity index (χ0n) is 16.1. The van der Waals surface area contributed by atoms with Crippen molar-refractivity contribution in [2.75, 3.05) is 13.2 Å². The third-order valence-electron chi connectivity index (χ3n) is 6.38. The van der Waals surface area contributed by atoms with E-state index < -0.39 is 23.3 Å². The lowest BCUT2D eigenvalue weighted by Gasteiger charge is -2.28. The Labute approximate surface area is 193 Å². The fourth-order valence-electron chi connectivity index (χ4n) is 4.90. The Morgan fingerprint density at radius 3 is 2.13 bits per heavy atom. The Bertz CT molecular complexity index is 935. The number of fused-ring (bicyclic) bond motifs is 5. The number of carbonyl (C=O) groups is 4. The van der Waals surface area contributed by atoms with Gasteiger partial charge in [-0.25, -0.2) is 0 Å². The van der Waals surface area contributed by atoms with Gasteiger partial charge in [0, 0.05) is 33.9 Å². The van der Waals surface area contributed by atoms with Crippen LogP contribution in [0.3, 0.4) is 0 Å². The highest BCUT2D eigenvalue weighted by Crippen LogP contribution is 2.60. The molecule has 9 nitrogen and oxygen atoms in total. The van der Waals surface area contributed by atoms with E-state index in [2.05, 4.69) is 31.9 Å². The molecule has 2 bridgehead atoms. The third-order valence-corrected chi connectivity index (χ3v) is 9.59. The van der Waals surface area contributed by atoms with Gasteiger partial charge in [0.1, 0.15) is 0 Å². The Morgan fingerprint density at radius 1 is 1.06 bits per heavy atom. The van der Waals surface area contributed by atoms with Crippen LogP contribution in [-0.2, 0) is 19.1 Å². The minimum Gasteiger partial charge on any atom is -0.457 e. The van der Waals surface area contributed by atoms with E-state index in [4.69, 9.17) is 4.74 Å². The maximum absolute atomic E-state index is 12.8. The van der Waals surface area contributed by atoms with E-state index in [1.54, 1.807) is 0 Å². The van der Waals surface area contributed by atoms with Crippen LogP contribution in [0.25, 0.3) is 0 Å². The molecule has 0 aromatic heterocycles. The topological polar surface area (TPSA) is 124 Å². The molecule has 4 rings (SSSR count). The van der Waals surface area contributed by atoms with Crippen LogP contribution in [0.4, 0.5) is 5.69 Å². The summed E-state index contributed by atoms with van der Waals surface area (Å²) in [6.07, 6.45) is 0.633. The molecule has 31 heavy (non-hydrogen) atoms. The predicted molar refractivity (Wildman–Crippen MR) is 114 cm³/mol. The molecule has 0 N–H and O–H groups in total. The summed E-state index contributed by atoms with van der Waals surface area (Å²) < 4.78 is 4.96. The molecule has 1 heterocycles. The van der Waals surface area contributed by atoms with E-state index in [-0.39, 0.29) is 69.4 Å². The molecular formula is C20H18Br2N2O7. The summed E-state index contributed by atoms with van der Waals surface area (Å²) in [5, 5.41) is 10.7. The SMILES string of the molecule is O=C(CCN1C(=O)[C@H]2[C@@H]3C[C@@H]([C@@H](Br)[C@H]3Br)[C@@H]2C1=O)OCC(=O)c1ccc([N+](=O)[O-])cc1. The number of halogens is 2. The maximum atomic E-state index is 12.8. The summed E-state index contributed by atoms with van der Waals surface area (Å²) >= 11 is 7.25. The molecule has 1 aromatic rings. The maximum Gasteiger partial charge on any atom is 0.308 e. The quantitative estimate of drug-likeness (QED) is 0.126. The Balaban J connectivity index is 1.28. The molecule has 1 aromatic carbocycles. The Morgan fingerprint density at radius 2 is 1.61 bits per heavy atom. The Hall–Kier alpha value is -2.14. The molecule has 1 aliphatic heterocycles. The molecule has 2 aliphatic carbocycles. The highest BCUT2D eigenvalue weighted by atomic mass is 79.9.